The van der Waals surface area contributed by atoms with Gasteiger partial charge in [0.05, 0.1) is 15.3 Å². The number of primary sulfonamides is 1. The summed E-state index contributed by atoms with van der Waals surface area (Å²) < 4.78 is 26.6. The highest BCUT2D eigenvalue weighted by atomic mass is 32.2. The first-order valence-corrected chi connectivity index (χ1v) is 12.4. The molecule has 4 rings (SSSR count). The van der Waals surface area contributed by atoms with Crippen LogP contribution in [0.1, 0.15) is 74.0 Å². The van der Waals surface area contributed by atoms with E-state index < -0.39 is 20.4 Å². The van der Waals surface area contributed by atoms with Crippen LogP contribution in [-0.4, -0.2) is 23.7 Å². The number of sulfonamides is 1. The number of hydrogen-bond acceptors (Lipinski definition) is 5. The lowest BCUT2D eigenvalue weighted by atomic mass is 9.81. The minimum absolute atomic E-state index is 0.0366. The van der Waals surface area contributed by atoms with Crippen molar-refractivity contribution >= 4 is 32.4 Å². The molecule has 1 fully saturated rings. The SMILES string of the molecule is CC(C)(C)c1c(C(=O)c2cn(C3CCCC3)c3cc([N+](=O)[O-])ccc23)cccc1S(N)(=O)=O. The van der Waals surface area contributed by atoms with Crippen LogP contribution in [0.25, 0.3) is 10.9 Å². The van der Waals surface area contributed by atoms with Crippen LogP contribution in [0.3, 0.4) is 0 Å². The number of rotatable bonds is 5. The molecular weight excluding hydrogens is 442 g/mol. The van der Waals surface area contributed by atoms with E-state index in [2.05, 4.69) is 0 Å². The molecule has 1 aliphatic rings. The molecule has 0 bridgehead atoms. The van der Waals surface area contributed by atoms with Crippen LogP contribution in [0, 0.1) is 10.1 Å². The van der Waals surface area contributed by atoms with E-state index in [0.29, 0.717) is 22.0 Å². The number of ketones is 1. The molecule has 0 unspecified atom stereocenters. The van der Waals surface area contributed by atoms with Crippen molar-refractivity contribution in [2.75, 3.05) is 0 Å². The van der Waals surface area contributed by atoms with Crippen LogP contribution in [0.4, 0.5) is 5.69 Å². The first-order chi connectivity index (χ1) is 15.4. The Morgan fingerprint density at radius 2 is 1.79 bits per heavy atom. The average Bonchev–Trinajstić information content (AvgIpc) is 3.38. The summed E-state index contributed by atoms with van der Waals surface area (Å²) in [6.07, 6.45) is 5.77. The number of non-ortho nitro benzene ring substituents is 1. The number of carbonyl (C=O) groups excluding carboxylic acids is 1. The summed E-state index contributed by atoms with van der Waals surface area (Å²) in [7, 11) is -4.05. The van der Waals surface area contributed by atoms with Crippen molar-refractivity contribution in [3.63, 3.8) is 0 Å². The number of nitrogens with two attached hydrogens (primary N) is 1. The Hall–Kier alpha value is -3.04. The van der Waals surface area contributed by atoms with Crippen LogP contribution in [-0.2, 0) is 15.4 Å². The molecule has 1 heterocycles. The molecule has 1 saturated carbocycles. The Morgan fingerprint density at radius 3 is 2.36 bits per heavy atom. The molecule has 1 aromatic heterocycles. The van der Waals surface area contributed by atoms with Crippen molar-refractivity contribution in [3.05, 3.63) is 69.4 Å². The highest BCUT2D eigenvalue weighted by Crippen LogP contribution is 2.38. The maximum atomic E-state index is 13.9. The topological polar surface area (TPSA) is 125 Å². The van der Waals surface area contributed by atoms with Crippen LogP contribution in [0.5, 0.6) is 0 Å². The van der Waals surface area contributed by atoms with Crippen LogP contribution in [0.2, 0.25) is 0 Å². The second-order valence-electron chi connectivity index (χ2n) is 9.65. The minimum atomic E-state index is -4.05. The zero-order valence-electron chi connectivity index (χ0n) is 18.9. The molecule has 2 N–H and O–H groups in total. The van der Waals surface area contributed by atoms with Crippen molar-refractivity contribution < 1.29 is 18.1 Å². The third-order valence-electron chi connectivity index (χ3n) is 6.32. The average molecular weight is 470 g/mol. The molecule has 174 valence electrons. The Balaban J connectivity index is 1.97. The summed E-state index contributed by atoms with van der Waals surface area (Å²) in [6, 6.07) is 9.21. The predicted octanol–water partition coefficient (Wildman–Crippen LogP) is 4.84. The van der Waals surface area contributed by atoms with Gasteiger partial charge in [0.1, 0.15) is 0 Å². The van der Waals surface area contributed by atoms with Gasteiger partial charge in [-0.2, -0.15) is 0 Å². The van der Waals surface area contributed by atoms with Gasteiger partial charge in [0.25, 0.3) is 5.69 Å². The second kappa shape index (κ2) is 8.07. The third-order valence-corrected chi connectivity index (χ3v) is 7.27. The Kier molecular flexibility index (Phi) is 5.66. The fourth-order valence-corrected chi connectivity index (χ4v) is 5.86. The number of fused-ring (bicyclic) bond motifs is 1. The number of nitro groups is 1. The maximum absolute atomic E-state index is 13.9. The van der Waals surface area contributed by atoms with E-state index >= 15 is 0 Å². The first kappa shape index (κ1) is 23.1. The lowest BCUT2D eigenvalue weighted by molar-refractivity contribution is -0.384. The lowest BCUT2D eigenvalue weighted by Crippen LogP contribution is -2.24. The molecular formula is C24H27N3O5S. The summed E-state index contributed by atoms with van der Waals surface area (Å²) >= 11 is 0. The number of aromatic nitrogens is 1. The Morgan fingerprint density at radius 1 is 1.12 bits per heavy atom. The van der Waals surface area contributed by atoms with Crippen LogP contribution >= 0.6 is 0 Å². The maximum Gasteiger partial charge on any atom is 0.271 e. The summed E-state index contributed by atoms with van der Waals surface area (Å²) in [4.78, 5) is 24.7. The number of benzene rings is 2. The molecule has 0 atom stereocenters. The van der Waals surface area contributed by atoms with Crippen molar-refractivity contribution in [2.24, 2.45) is 5.14 Å². The van der Waals surface area contributed by atoms with Gasteiger partial charge in [0.2, 0.25) is 10.0 Å². The van der Waals surface area contributed by atoms with Gasteiger partial charge < -0.3 is 4.57 Å². The minimum Gasteiger partial charge on any atom is -0.343 e. The second-order valence-corrected chi connectivity index (χ2v) is 11.2. The van der Waals surface area contributed by atoms with Crippen molar-refractivity contribution in [3.8, 4) is 0 Å². The highest BCUT2D eigenvalue weighted by Gasteiger charge is 2.31. The van der Waals surface area contributed by atoms with E-state index in [4.69, 9.17) is 5.14 Å². The molecule has 9 heteroatoms. The molecule has 0 spiro atoms. The Labute approximate surface area is 192 Å². The number of nitrogens with zero attached hydrogens (tertiary/aromatic N) is 2. The quantitative estimate of drug-likeness (QED) is 0.325. The fraction of sp³-hybridized carbons (Fsp3) is 0.375. The zero-order valence-corrected chi connectivity index (χ0v) is 19.7. The standard InChI is InChI=1S/C24H27N3O5S/c1-24(2,3)22-18(9-6-10-21(22)33(25,31)32)23(28)19-14-26(15-7-4-5-8-15)20-13-16(27(29)30)11-12-17(19)20/h6,9-15H,4-5,7-8H2,1-3H3,(H2,25,31,32). The van der Waals surface area contributed by atoms with Crippen molar-refractivity contribution in [2.45, 2.75) is 62.8 Å². The van der Waals surface area contributed by atoms with E-state index in [9.17, 15) is 23.3 Å². The monoisotopic (exact) mass is 469 g/mol. The lowest BCUT2D eigenvalue weighted by Gasteiger charge is -2.25. The summed E-state index contributed by atoms with van der Waals surface area (Å²) in [5, 5.41) is 17.5. The van der Waals surface area contributed by atoms with E-state index in [1.165, 1.54) is 24.3 Å². The van der Waals surface area contributed by atoms with E-state index in [0.717, 1.165) is 25.7 Å². The zero-order chi connectivity index (χ0) is 24.1. The third kappa shape index (κ3) is 4.18. The van der Waals surface area contributed by atoms with Gasteiger partial charge in [-0.05, 0) is 36.0 Å². The van der Waals surface area contributed by atoms with E-state index in [1.54, 1.807) is 18.3 Å². The van der Waals surface area contributed by atoms with Gasteiger partial charge in [-0.1, -0.05) is 45.7 Å². The molecule has 0 saturated heterocycles. The molecule has 3 aromatic rings. The molecule has 0 amide bonds. The predicted molar refractivity (Wildman–Crippen MR) is 126 cm³/mol. The van der Waals surface area contributed by atoms with Gasteiger partial charge in [-0.25, -0.2) is 13.6 Å². The van der Waals surface area contributed by atoms with Crippen LogP contribution in [0.15, 0.2) is 47.5 Å². The first-order valence-electron chi connectivity index (χ1n) is 10.9. The smallest absolute Gasteiger partial charge is 0.271 e. The van der Waals surface area contributed by atoms with Gasteiger partial charge in [-0.3, -0.25) is 14.9 Å². The molecule has 2 aromatic carbocycles. The number of nitro benzene ring substituents is 1. The van der Waals surface area contributed by atoms with Gasteiger partial charge in [0.15, 0.2) is 5.78 Å². The van der Waals surface area contributed by atoms with Crippen molar-refractivity contribution in [1.29, 1.82) is 0 Å². The molecule has 0 aliphatic heterocycles. The van der Waals surface area contributed by atoms with E-state index in [-0.39, 0.29) is 28.0 Å². The van der Waals surface area contributed by atoms with Gasteiger partial charge in [0, 0.05) is 40.9 Å². The normalized spacial score (nSPS) is 15.3. The number of hydrogen-bond donors (Lipinski definition) is 1. The van der Waals surface area contributed by atoms with Crippen molar-refractivity contribution in [1.82, 2.24) is 4.57 Å². The van der Waals surface area contributed by atoms with Gasteiger partial charge >= 0.3 is 0 Å². The number of carbonyl (C=O) groups is 1. The molecule has 8 nitrogen and oxygen atoms in total. The molecule has 1 aliphatic carbocycles. The highest BCUT2D eigenvalue weighted by molar-refractivity contribution is 7.89. The van der Waals surface area contributed by atoms with Crippen LogP contribution < -0.4 is 5.14 Å². The summed E-state index contributed by atoms with van der Waals surface area (Å²) in [5.74, 6) is -0.332. The summed E-state index contributed by atoms with van der Waals surface area (Å²) in [5.41, 5.74) is 0.948. The fourth-order valence-electron chi connectivity index (χ4n) is 4.89. The van der Waals surface area contributed by atoms with Gasteiger partial charge in [-0.15, -0.1) is 0 Å². The molecule has 0 radical (unpaired) electrons. The largest absolute Gasteiger partial charge is 0.343 e. The molecule has 33 heavy (non-hydrogen) atoms. The summed E-state index contributed by atoms with van der Waals surface area (Å²) in [6.45, 7) is 5.50. The van der Waals surface area contributed by atoms with E-state index in [1.807, 2.05) is 25.3 Å². The Bertz CT molecular complexity index is 1380.